The fourth-order valence-corrected chi connectivity index (χ4v) is 21.0. The van der Waals surface area contributed by atoms with Crippen LogP contribution in [0.15, 0.2) is 108 Å². The lowest BCUT2D eigenvalue weighted by Gasteiger charge is -2.69. The van der Waals surface area contributed by atoms with Crippen molar-refractivity contribution in [2.24, 2.45) is 41.4 Å². The summed E-state index contributed by atoms with van der Waals surface area (Å²) in [6.45, 7) is 5.65. The Bertz CT molecular complexity index is 4020. The normalized spacial score (nSPS) is 31.2. The van der Waals surface area contributed by atoms with Crippen LogP contribution in [-0.2, 0) is 64.9 Å². The molecule has 4 fully saturated rings. The Morgan fingerprint density at radius 2 is 1.70 bits per heavy atom. The van der Waals surface area contributed by atoms with E-state index in [2.05, 4.69) is 89.7 Å². The van der Waals surface area contributed by atoms with Gasteiger partial charge in [-0.25, -0.2) is 0 Å². The first-order valence-corrected chi connectivity index (χ1v) is 36.3. The number of dihydropyridines is 1. The van der Waals surface area contributed by atoms with Crippen LogP contribution in [-0.4, -0.2) is 80.6 Å². The SMILES string of the molecule is CCC[C@H](C)C[C@@H]1C[C@@H]2Cc3c(CO)cc(O)c(c31)OCc1cc([C@]34c5c6cccc5C[C@@H]5CC[C@@H]7CCCC[C@]7(OC[C@@H]3CC6)[C@@H]54)cc3cn(cc13)C1=C3CO[C@@H](CCC[C@@H](CCc4ccc(O)c(Cc5cccc(O)c5)c4)C#CC3=C3CC[C@@H](OC)NC3N1)C[C@@H]2O. The van der Waals surface area contributed by atoms with Gasteiger partial charge in [0.15, 0.2) is 11.5 Å². The number of aromatic nitrogens is 1. The molecule has 94 heavy (non-hydrogen) atoms. The maximum Gasteiger partial charge on any atom is 0.165 e. The fraction of sp³-hybridized carbons (Fsp3) is 0.537. The molecular formula is C82H97N3O9. The Morgan fingerprint density at radius 3 is 2.57 bits per heavy atom. The summed E-state index contributed by atoms with van der Waals surface area (Å²) in [5, 5.41) is 68.3. The molecule has 7 heterocycles. The van der Waals surface area contributed by atoms with Crippen LogP contribution in [0.1, 0.15) is 197 Å². The zero-order chi connectivity index (χ0) is 64.0. The molecule has 5 aromatic carbocycles. The standard InChI is InChI=1S/C82H97N3O9/c1-4-10-48(2)31-57-36-56-39-68-59(44-86)40-73(90)77(75(57)68)93-45-60-38-63(82-62-25-22-52-13-9-14-53(76(52)82)35-54-23-24-61-15-5-6-30-81(61,78(54)82)94-46-62)37-58-42-85(43-69(58)60)80-70-47-92-65(41-72(56)89)17-8-11-49(20-26-66(70)67-27-29-74(91-3)83-79(67)84-80)18-19-50-21-28-71(88)55(32-50)33-51-12-7-16-64(87)34-51/h7,9,12-14,16,21,28,32,34,37-38,40,42-43,48-49,54,56-57,61-62,65,72,74,78-79,83-84,86-90H,4-6,8,10-11,15,17-19,22-25,27,29-31,33,35-36,39,41,44-47H2,1-3H3/t48-,49-,54-,56+,57+,61-,62-,65-,72-,74+,78+,79?,81+,82-/m0/s1. The average molecular weight is 1270 g/mol. The van der Waals surface area contributed by atoms with E-state index in [1.54, 1.807) is 30.9 Å². The Morgan fingerprint density at radius 1 is 0.809 bits per heavy atom. The summed E-state index contributed by atoms with van der Waals surface area (Å²) in [6, 6.07) is 27.3. The molecule has 12 nitrogen and oxygen atoms in total. The lowest BCUT2D eigenvalue weighted by molar-refractivity contribution is -0.247. The predicted molar refractivity (Wildman–Crippen MR) is 366 cm³/mol. The number of fused-ring (bicyclic) bond motifs is 4. The van der Waals surface area contributed by atoms with E-state index in [0.29, 0.717) is 66.8 Å². The third kappa shape index (κ3) is 10.9. The smallest absolute Gasteiger partial charge is 0.165 e. The number of aliphatic hydroxyl groups excluding tert-OH is 2. The molecule has 6 aliphatic heterocycles. The van der Waals surface area contributed by atoms with Gasteiger partial charge in [-0.15, -0.1) is 0 Å². The summed E-state index contributed by atoms with van der Waals surface area (Å²) in [6.07, 6.45) is 24.7. The van der Waals surface area contributed by atoms with E-state index in [1.807, 2.05) is 24.3 Å². The van der Waals surface area contributed by atoms with Gasteiger partial charge in [-0.3, -0.25) is 5.32 Å². The number of aryl methyl sites for hydroxylation is 2. The third-order valence-corrected chi connectivity index (χ3v) is 25.2. The van der Waals surface area contributed by atoms with Crippen molar-refractivity contribution in [1.29, 1.82) is 0 Å². The number of benzene rings is 5. The van der Waals surface area contributed by atoms with Gasteiger partial charge in [-0.1, -0.05) is 99.9 Å². The van der Waals surface area contributed by atoms with Crippen LogP contribution in [0.2, 0.25) is 0 Å². The zero-order valence-corrected chi connectivity index (χ0v) is 55.5. The molecule has 11 aliphatic rings. The zero-order valence-electron chi connectivity index (χ0n) is 55.5. The molecule has 1 unspecified atom stereocenters. The van der Waals surface area contributed by atoms with Crippen LogP contribution in [0.5, 0.6) is 23.0 Å². The lowest BCUT2D eigenvalue weighted by atomic mass is 9.39. The highest BCUT2D eigenvalue weighted by atomic mass is 16.5. The number of nitrogens with one attached hydrogen (secondary N) is 2. The highest BCUT2D eigenvalue weighted by Crippen LogP contribution is 2.69. The predicted octanol–water partition coefficient (Wildman–Crippen LogP) is 14.6. The number of ether oxygens (including phenoxy) is 4. The molecule has 2 saturated heterocycles. The van der Waals surface area contributed by atoms with Gasteiger partial charge in [0.1, 0.15) is 36.3 Å². The molecule has 8 bridgehead atoms. The van der Waals surface area contributed by atoms with E-state index < -0.39 is 6.10 Å². The van der Waals surface area contributed by atoms with Crippen LogP contribution in [0, 0.1) is 53.3 Å². The lowest BCUT2D eigenvalue weighted by Crippen LogP contribution is -2.70. The van der Waals surface area contributed by atoms with E-state index in [0.717, 1.165) is 164 Å². The van der Waals surface area contributed by atoms with Crippen LogP contribution in [0.25, 0.3) is 16.6 Å². The van der Waals surface area contributed by atoms with Gasteiger partial charge in [0.2, 0.25) is 0 Å². The van der Waals surface area contributed by atoms with Crippen LogP contribution < -0.4 is 15.4 Å². The molecule has 6 aromatic rings. The number of aliphatic hydroxyl groups is 2. The third-order valence-electron chi connectivity index (χ3n) is 25.2. The van der Waals surface area contributed by atoms with Gasteiger partial charge in [0, 0.05) is 70.7 Å². The van der Waals surface area contributed by atoms with Gasteiger partial charge in [-0.2, -0.15) is 0 Å². The van der Waals surface area contributed by atoms with Crippen molar-refractivity contribution in [3.05, 3.63) is 169 Å². The largest absolute Gasteiger partial charge is 0.508 e. The van der Waals surface area contributed by atoms with Gasteiger partial charge < -0.3 is 54.4 Å². The van der Waals surface area contributed by atoms with Gasteiger partial charge in [0.05, 0.1) is 37.6 Å². The summed E-state index contributed by atoms with van der Waals surface area (Å²) < 4.78 is 30.9. The van der Waals surface area contributed by atoms with E-state index in [4.69, 9.17) is 18.9 Å². The minimum atomic E-state index is -0.694. The van der Waals surface area contributed by atoms with Crippen molar-refractivity contribution in [3.63, 3.8) is 0 Å². The van der Waals surface area contributed by atoms with Gasteiger partial charge >= 0.3 is 0 Å². The summed E-state index contributed by atoms with van der Waals surface area (Å²) in [7, 11) is 1.78. The highest BCUT2D eigenvalue weighted by molar-refractivity contribution is 5.89. The summed E-state index contributed by atoms with van der Waals surface area (Å²) in [4.78, 5) is 0. The molecule has 0 amide bonds. The summed E-state index contributed by atoms with van der Waals surface area (Å²) in [5.74, 6) is 11.8. The number of phenols is 3. The van der Waals surface area contributed by atoms with Crippen molar-refractivity contribution in [2.45, 2.75) is 216 Å². The van der Waals surface area contributed by atoms with Crippen molar-refractivity contribution in [2.75, 3.05) is 20.3 Å². The Labute approximate surface area is 555 Å². The maximum absolute atomic E-state index is 13.0. The molecule has 494 valence electrons. The molecule has 5 aliphatic carbocycles. The number of aromatic hydroxyl groups is 3. The average Bonchev–Trinajstić information content (AvgIpc) is 0.714. The number of methoxy groups -OCH3 is 1. The van der Waals surface area contributed by atoms with Crippen molar-refractivity contribution in [1.82, 2.24) is 15.2 Å². The van der Waals surface area contributed by atoms with Crippen LogP contribution in [0.3, 0.4) is 0 Å². The first-order chi connectivity index (χ1) is 45.9. The fourth-order valence-electron chi connectivity index (χ4n) is 21.0. The van der Waals surface area contributed by atoms with E-state index in [9.17, 15) is 25.5 Å². The minimum absolute atomic E-state index is 0.0174. The number of hydrogen-bond acceptors (Lipinski definition) is 11. The molecule has 17 rings (SSSR count). The first-order valence-electron chi connectivity index (χ1n) is 36.3. The molecule has 1 aromatic heterocycles. The maximum atomic E-state index is 13.0. The topological polar surface area (TPSA) is 167 Å². The van der Waals surface area contributed by atoms with Crippen LogP contribution >= 0.6 is 0 Å². The number of hydrogen-bond donors (Lipinski definition) is 7. The Kier molecular flexibility index (Phi) is 16.9. The molecule has 2 saturated carbocycles. The second-order valence-corrected chi connectivity index (χ2v) is 30.6. The van der Waals surface area contributed by atoms with Gasteiger partial charge in [-0.05, 0) is 243 Å². The monoisotopic (exact) mass is 1270 g/mol. The number of rotatable bonds is 12. The van der Waals surface area contributed by atoms with Crippen molar-refractivity contribution < 1.29 is 44.5 Å². The molecule has 1 spiro atoms. The molecule has 14 atom stereocenters. The van der Waals surface area contributed by atoms with E-state index in [1.165, 1.54) is 54.4 Å². The molecular weight excluding hydrogens is 1170 g/mol. The Balaban J connectivity index is 0.883. The Hall–Kier alpha value is -6.56. The summed E-state index contributed by atoms with van der Waals surface area (Å²) >= 11 is 0. The first kappa shape index (κ1) is 62.3. The van der Waals surface area contributed by atoms with Gasteiger partial charge in [0.25, 0.3) is 0 Å². The molecule has 7 N–H and O–H groups in total. The summed E-state index contributed by atoms with van der Waals surface area (Å²) in [5.41, 5.74) is 15.4. The van der Waals surface area contributed by atoms with E-state index >= 15 is 0 Å². The van der Waals surface area contributed by atoms with Crippen molar-refractivity contribution in [3.8, 4) is 34.8 Å². The quantitative estimate of drug-likeness (QED) is 0.0583. The number of piperidine rings is 1. The van der Waals surface area contributed by atoms with Crippen LogP contribution in [0.4, 0.5) is 0 Å². The second kappa shape index (κ2) is 25.5. The minimum Gasteiger partial charge on any atom is -0.508 e. The second-order valence-electron chi connectivity index (χ2n) is 30.6. The van der Waals surface area contributed by atoms with E-state index in [-0.39, 0.29) is 77.7 Å². The number of phenolic OH excluding ortho intramolecular Hbond substituents is 3. The highest BCUT2D eigenvalue weighted by Gasteiger charge is 2.69. The molecule has 12 heteroatoms. The number of nitrogens with zero attached hydrogens (tertiary/aromatic N) is 1. The van der Waals surface area contributed by atoms with Crippen molar-refractivity contribution >= 4 is 16.6 Å². The molecule has 0 radical (unpaired) electrons.